The van der Waals surface area contributed by atoms with Crippen molar-refractivity contribution < 1.29 is 30.0 Å². The smallest absolute Gasteiger partial charge is 0.155 e. The number of carbonyl (C=O) groups excluding carboxylic acids is 1. The summed E-state index contributed by atoms with van der Waals surface area (Å²) in [5.74, 6) is 0.823. The molecule has 0 aliphatic carbocycles. The number of imidazole rings is 1. The minimum absolute atomic E-state index is 0. The Balaban J connectivity index is 0.000000425. The van der Waals surface area contributed by atoms with Crippen LogP contribution in [0.4, 0.5) is 0 Å². The molecule has 1 aromatic heterocycles. The molecule has 0 saturated heterocycles. The van der Waals surface area contributed by atoms with Gasteiger partial charge in [-0.15, -0.1) is 35.9 Å². The molecule has 149 valence electrons. The molecule has 7 heteroatoms. The Bertz CT molecular complexity index is 943. The summed E-state index contributed by atoms with van der Waals surface area (Å²) in [6, 6.07) is 15.2. The number of benzene rings is 2. The van der Waals surface area contributed by atoms with Crippen molar-refractivity contribution in [1.82, 2.24) is 9.55 Å². The topological polar surface area (TPSA) is 55.1 Å². The molecular weight excluding hydrogens is 664 g/mol. The maximum Gasteiger partial charge on any atom is 0.155 e. The van der Waals surface area contributed by atoms with Gasteiger partial charge < -0.3 is 9.67 Å². The largest absolute Gasteiger partial charge is 0.512 e. The van der Waals surface area contributed by atoms with Crippen LogP contribution >= 0.6 is 31.9 Å². The van der Waals surface area contributed by atoms with Gasteiger partial charge in [0.05, 0.1) is 17.3 Å². The Morgan fingerprint density at radius 2 is 1.96 bits per heavy atom. The summed E-state index contributed by atoms with van der Waals surface area (Å²) in [4.78, 5) is 14.5. The van der Waals surface area contributed by atoms with Gasteiger partial charge in [0.25, 0.3) is 0 Å². The number of ketones is 1. The van der Waals surface area contributed by atoms with Crippen molar-refractivity contribution in [2.75, 3.05) is 0 Å². The summed E-state index contributed by atoms with van der Waals surface area (Å²) in [6.45, 7) is 4.93. The predicted molar refractivity (Wildman–Crippen MR) is 115 cm³/mol. The summed E-state index contributed by atoms with van der Waals surface area (Å²) in [5.41, 5.74) is 3.24. The molecule has 0 amide bonds. The average Bonchev–Trinajstić information content (AvgIpc) is 3.03. The summed E-state index contributed by atoms with van der Waals surface area (Å²) in [6.07, 6.45) is 4.95. The predicted octanol–water partition coefficient (Wildman–Crippen LogP) is 6.21. The molecule has 0 fully saturated rings. The first kappa shape index (κ1) is 24.5. The van der Waals surface area contributed by atoms with Gasteiger partial charge in [0, 0.05) is 47.5 Å². The van der Waals surface area contributed by atoms with E-state index in [9.17, 15) is 4.79 Å². The van der Waals surface area contributed by atoms with Crippen molar-refractivity contribution in [2.45, 2.75) is 20.8 Å². The first-order valence-electron chi connectivity index (χ1n) is 8.14. The van der Waals surface area contributed by atoms with E-state index < -0.39 is 0 Å². The number of nitrogens with zero attached hydrogens (tertiary/aromatic N) is 2. The molecule has 0 bridgehead atoms. The summed E-state index contributed by atoms with van der Waals surface area (Å²) in [7, 11) is 0. The van der Waals surface area contributed by atoms with Crippen LogP contribution in [-0.4, -0.2) is 20.4 Å². The van der Waals surface area contributed by atoms with Crippen LogP contribution in [0.15, 0.2) is 69.6 Å². The number of carbonyl (C=O) groups is 1. The quantitative estimate of drug-likeness (QED) is 0.203. The van der Waals surface area contributed by atoms with E-state index >= 15 is 0 Å². The zero-order valence-electron chi connectivity index (χ0n) is 15.5. The summed E-state index contributed by atoms with van der Waals surface area (Å²) in [5, 5.41) is 8.36. The Hall–Kier alpha value is -1.53. The van der Waals surface area contributed by atoms with E-state index in [-0.39, 0.29) is 31.6 Å². The Morgan fingerprint density at radius 1 is 1.25 bits per heavy atom. The molecule has 0 spiro atoms. The number of aliphatic hydroxyl groups is 1. The van der Waals surface area contributed by atoms with Crippen molar-refractivity contribution in [3.05, 3.63) is 81.2 Å². The molecule has 4 nitrogen and oxygen atoms in total. The van der Waals surface area contributed by atoms with Crippen molar-refractivity contribution in [3.63, 3.8) is 0 Å². The van der Waals surface area contributed by atoms with Crippen LogP contribution in [0.1, 0.15) is 19.4 Å². The molecule has 0 saturated carbocycles. The number of aliphatic hydroxyl groups excluding tert-OH is 1. The van der Waals surface area contributed by atoms with E-state index in [1.807, 2.05) is 42.7 Å². The maximum atomic E-state index is 10.0. The second-order valence-electron chi connectivity index (χ2n) is 5.85. The fraction of sp³-hybridized carbons (Fsp3) is 0.143. The van der Waals surface area contributed by atoms with E-state index in [0.717, 1.165) is 26.0 Å². The minimum Gasteiger partial charge on any atom is -0.512 e. The van der Waals surface area contributed by atoms with Crippen LogP contribution in [0.5, 0.6) is 0 Å². The van der Waals surface area contributed by atoms with Gasteiger partial charge in [-0.25, -0.2) is 0 Å². The Morgan fingerprint density at radius 3 is 2.46 bits per heavy atom. The fourth-order valence-electron chi connectivity index (χ4n) is 2.51. The first-order valence-corrected chi connectivity index (χ1v) is 9.72. The van der Waals surface area contributed by atoms with E-state index in [1.54, 1.807) is 0 Å². The summed E-state index contributed by atoms with van der Waals surface area (Å²) >= 11 is 7.15. The number of hydrogen-bond donors (Lipinski definition) is 1. The molecule has 1 radical (unpaired) electrons. The van der Waals surface area contributed by atoms with Crippen LogP contribution in [0, 0.1) is 13.0 Å². The van der Waals surface area contributed by atoms with Crippen molar-refractivity contribution >= 4 is 37.6 Å². The second kappa shape index (κ2) is 11.5. The first-order chi connectivity index (χ1) is 12.8. The van der Waals surface area contributed by atoms with Gasteiger partial charge in [-0.1, -0.05) is 15.9 Å². The van der Waals surface area contributed by atoms with E-state index in [1.165, 1.54) is 25.5 Å². The Labute approximate surface area is 195 Å². The van der Waals surface area contributed by atoms with Crippen LogP contribution in [0.25, 0.3) is 17.1 Å². The molecule has 0 aliphatic rings. The standard InChI is InChI=1S/C16H11Br2N2.C5H8O2.Ir/c1-11-9-13(17)10-14(18)15(11)20-8-7-19-16(20)12-5-3-2-4-6-12;1-4(6)3-5(2)7;/h2-5,7-10H,1H3;3,6H,1-2H3;/q-1;;/b;4-3-;. The zero-order valence-corrected chi connectivity index (χ0v) is 21.1. The van der Waals surface area contributed by atoms with Gasteiger partial charge in [-0.2, -0.15) is 0 Å². The van der Waals surface area contributed by atoms with Crippen LogP contribution in [-0.2, 0) is 24.9 Å². The molecule has 0 atom stereocenters. The van der Waals surface area contributed by atoms with Crippen LogP contribution < -0.4 is 0 Å². The molecule has 1 N–H and O–H groups in total. The SMILES string of the molecule is CC(=O)/C=C(/C)O.Cc1cc(Br)cc(Br)c1-n1ccnc1-c1[c-]cccc1.[Ir]. The van der Waals surface area contributed by atoms with Gasteiger partial charge in [0.1, 0.15) is 0 Å². The van der Waals surface area contributed by atoms with E-state index in [4.69, 9.17) is 5.11 Å². The maximum absolute atomic E-state index is 10.0. The van der Waals surface area contributed by atoms with Crippen LogP contribution in [0.3, 0.4) is 0 Å². The molecule has 0 unspecified atom stereocenters. The molecule has 2 aromatic carbocycles. The van der Waals surface area contributed by atoms with Gasteiger partial charge in [-0.05, 0) is 54.4 Å². The molecule has 0 aliphatic heterocycles. The molecular formula is C21H19Br2IrN2O2-. The molecule has 3 rings (SSSR count). The molecule has 28 heavy (non-hydrogen) atoms. The third-order valence-electron chi connectivity index (χ3n) is 3.46. The van der Waals surface area contributed by atoms with Gasteiger partial charge in [-0.3, -0.25) is 9.78 Å². The molecule has 3 aromatic rings. The normalized spacial score (nSPS) is 10.5. The zero-order chi connectivity index (χ0) is 20.0. The van der Waals surface area contributed by atoms with Crippen molar-refractivity contribution in [1.29, 1.82) is 0 Å². The summed E-state index contributed by atoms with van der Waals surface area (Å²) < 4.78 is 4.16. The number of aryl methyl sites for hydroxylation is 1. The van der Waals surface area contributed by atoms with Crippen molar-refractivity contribution in [2.24, 2.45) is 0 Å². The van der Waals surface area contributed by atoms with Gasteiger partial charge in [0.2, 0.25) is 0 Å². The fourth-order valence-corrected chi connectivity index (χ4v) is 4.14. The third-order valence-corrected chi connectivity index (χ3v) is 4.52. The van der Waals surface area contributed by atoms with E-state index in [2.05, 4.69) is 60.5 Å². The number of aromatic nitrogens is 2. The number of hydrogen-bond acceptors (Lipinski definition) is 3. The Kier molecular flexibility index (Phi) is 10.0. The number of rotatable bonds is 3. The van der Waals surface area contributed by atoms with E-state index in [0.29, 0.717) is 0 Å². The number of halogens is 2. The molecule has 1 heterocycles. The van der Waals surface area contributed by atoms with Crippen molar-refractivity contribution in [3.8, 4) is 17.1 Å². The number of allylic oxidation sites excluding steroid dienone is 2. The third kappa shape index (κ3) is 6.82. The monoisotopic (exact) mass is 682 g/mol. The minimum atomic E-state index is -0.125. The average molecular weight is 683 g/mol. The van der Waals surface area contributed by atoms with Gasteiger partial charge in [0.15, 0.2) is 5.78 Å². The van der Waals surface area contributed by atoms with Gasteiger partial charge >= 0.3 is 0 Å². The second-order valence-corrected chi connectivity index (χ2v) is 7.62. The van der Waals surface area contributed by atoms with Crippen LogP contribution in [0.2, 0.25) is 0 Å².